The molecule has 0 unspecified atom stereocenters. The van der Waals surface area contributed by atoms with Crippen LogP contribution in [0.1, 0.15) is 46.5 Å². The summed E-state index contributed by atoms with van der Waals surface area (Å²) >= 11 is 0. The molecule has 0 saturated carbocycles. The molecule has 1 saturated heterocycles. The number of halogens is 1. The molecule has 1 amide bonds. The molecule has 1 aliphatic heterocycles. The van der Waals surface area contributed by atoms with E-state index in [1.54, 1.807) is 26.1 Å². The highest BCUT2D eigenvalue weighted by atomic mass is 19.1. The van der Waals surface area contributed by atoms with Crippen LogP contribution in [0.25, 0.3) is 17.0 Å². The van der Waals surface area contributed by atoms with Gasteiger partial charge in [-0.1, -0.05) is 0 Å². The number of piperidine rings is 1. The number of carbonyl (C=O) groups excluding carboxylic acids is 1. The number of imidazole rings is 1. The number of oxazole rings is 1. The van der Waals surface area contributed by atoms with Crippen molar-refractivity contribution in [1.29, 1.82) is 0 Å². The number of carbonyl (C=O) groups is 1. The summed E-state index contributed by atoms with van der Waals surface area (Å²) in [6, 6.07) is 4.34. The molecule has 0 spiro atoms. The highest BCUT2D eigenvalue weighted by Gasteiger charge is 2.22. The van der Waals surface area contributed by atoms with Gasteiger partial charge in [-0.2, -0.15) is 0 Å². The maximum absolute atomic E-state index is 14.7. The minimum Gasteiger partial charge on any atom is -0.436 e. The van der Waals surface area contributed by atoms with Crippen LogP contribution in [0.4, 0.5) is 10.1 Å². The zero-order valence-corrected chi connectivity index (χ0v) is 19.7. The third kappa shape index (κ3) is 4.80. The fraction of sp³-hybridized carbons (Fsp3) is 0.360. The van der Waals surface area contributed by atoms with Crippen LogP contribution in [-0.2, 0) is 0 Å². The number of benzene rings is 1. The van der Waals surface area contributed by atoms with Gasteiger partial charge in [-0.3, -0.25) is 9.20 Å². The van der Waals surface area contributed by atoms with Crippen molar-refractivity contribution in [2.24, 2.45) is 0 Å². The van der Waals surface area contributed by atoms with Crippen LogP contribution in [0.15, 0.2) is 41.2 Å². The molecule has 5 rings (SSSR count). The van der Waals surface area contributed by atoms with Crippen LogP contribution in [0.3, 0.4) is 0 Å². The summed E-state index contributed by atoms with van der Waals surface area (Å²) in [4.78, 5) is 27.9. The van der Waals surface area contributed by atoms with E-state index in [4.69, 9.17) is 9.52 Å². The molecule has 9 nitrogen and oxygen atoms in total. The van der Waals surface area contributed by atoms with Crippen molar-refractivity contribution < 1.29 is 18.7 Å². The van der Waals surface area contributed by atoms with E-state index in [-0.39, 0.29) is 17.9 Å². The van der Waals surface area contributed by atoms with Crippen LogP contribution in [0, 0.1) is 19.7 Å². The number of nitrogens with one attached hydrogen (secondary N) is 1. The largest absolute Gasteiger partial charge is 0.436 e. The number of rotatable bonds is 6. The third-order valence-corrected chi connectivity index (χ3v) is 6.42. The van der Waals surface area contributed by atoms with Gasteiger partial charge in [0.05, 0.1) is 18.0 Å². The molecule has 0 bridgehead atoms. The van der Waals surface area contributed by atoms with Crippen LogP contribution in [0.5, 0.6) is 0 Å². The van der Waals surface area contributed by atoms with E-state index < -0.39 is 11.7 Å². The highest BCUT2D eigenvalue weighted by Crippen LogP contribution is 2.29. The first-order valence-corrected chi connectivity index (χ1v) is 11.6. The Morgan fingerprint density at radius 1 is 1.23 bits per heavy atom. The number of aliphatic hydroxyl groups is 1. The Kier molecular flexibility index (Phi) is 6.31. The first-order chi connectivity index (χ1) is 16.9. The quantitative estimate of drug-likeness (QED) is 0.436. The maximum atomic E-state index is 14.7. The van der Waals surface area contributed by atoms with Crippen LogP contribution in [-0.4, -0.2) is 61.5 Å². The van der Waals surface area contributed by atoms with Gasteiger partial charge in [0, 0.05) is 43.3 Å². The van der Waals surface area contributed by atoms with Gasteiger partial charge in [0.1, 0.15) is 5.82 Å². The van der Waals surface area contributed by atoms with E-state index in [1.807, 2.05) is 16.8 Å². The standard InChI is InChI=1S/C25H27FN6O3/c1-15-23(35-16(2)28-15)24(34)29-19-3-4-21(26)20(11-19)22-14-32-13-18(12-27-25(32)30-22)17-5-7-31(8-6-17)9-10-33/h3-4,11-14,17,33H,5-10H2,1-2H3,(H,29,34). The summed E-state index contributed by atoms with van der Waals surface area (Å²) in [6.45, 7) is 6.12. The van der Waals surface area contributed by atoms with Crippen molar-refractivity contribution >= 4 is 17.4 Å². The number of likely N-dealkylation sites (tertiary alicyclic amines) is 1. The first kappa shape index (κ1) is 23.1. The predicted octanol–water partition coefficient (Wildman–Crippen LogP) is 3.56. The highest BCUT2D eigenvalue weighted by molar-refractivity contribution is 6.03. The number of nitrogens with zero attached hydrogens (tertiary/aromatic N) is 5. The van der Waals surface area contributed by atoms with Crippen LogP contribution >= 0.6 is 0 Å². The number of fused-ring (bicyclic) bond motifs is 1. The second-order valence-electron chi connectivity index (χ2n) is 8.86. The van der Waals surface area contributed by atoms with Crippen molar-refractivity contribution in [3.05, 3.63) is 65.5 Å². The lowest BCUT2D eigenvalue weighted by molar-refractivity contribution is 0.0994. The minimum absolute atomic E-state index is 0.125. The third-order valence-electron chi connectivity index (χ3n) is 6.42. The number of aryl methyl sites for hydroxylation is 2. The van der Waals surface area contributed by atoms with Crippen molar-refractivity contribution in [3.63, 3.8) is 0 Å². The topological polar surface area (TPSA) is 109 Å². The van der Waals surface area contributed by atoms with Gasteiger partial charge < -0.3 is 19.7 Å². The number of aromatic nitrogens is 4. The number of aliphatic hydroxyl groups excluding tert-OH is 1. The summed E-state index contributed by atoms with van der Waals surface area (Å²) in [5.41, 5.74) is 2.71. The van der Waals surface area contributed by atoms with Crippen molar-refractivity contribution in [3.8, 4) is 11.3 Å². The maximum Gasteiger partial charge on any atom is 0.293 e. The monoisotopic (exact) mass is 478 g/mol. The summed E-state index contributed by atoms with van der Waals surface area (Å²) in [5.74, 6) is 0.482. The van der Waals surface area contributed by atoms with Crippen LogP contribution < -0.4 is 5.32 Å². The SMILES string of the molecule is Cc1nc(C)c(C(=O)Nc2ccc(F)c(-c3cn4cc(C5CCN(CCO)CC5)cnc4n3)c2)o1. The van der Waals surface area contributed by atoms with Crippen molar-refractivity contribution in [2.75, 3.05) is 31.6 Å². The van der Waals surface area contributed by atoms with Gasteiger partial charge in [-0.15, -0.1) is 0 Å². The van der Waals surface area contributed by atoms with Crippen LogP contribution in [0.2, 0.25) is 0 Å². The molecule has 10 heteroatoms. The molecule has 1 fully saturated rings. The Hall–Kier alpha value is -3.63. The summed E-state index contributed by atoms with van der Waals surface area (Å²) < 4.78 is 21.9. The number of β-amino-alcohol motifs (C(OH)–C–C–N with tert-alkyl or cyclic N) is 1. The van der Waals surface area contributed by atoms with Gasteiger partial charge in [0.2, 0.25) is 11.5 Å². The van der Waals surface area contributed by atoms with Gasteiger partial charge >= 0.3 is 0 Å². The number of hydrogen-bond donors (Lipinski definition) is 2. The normalized spacial score (nSPS) is 15.1. The Morgan fingerprint density at radius 2 is 2.03 bits per heavy atom. The predicted molar refractivity (Wildman–Crippen MR) is 128 cm³/mol. The number of hydrogen-bond acceptors (Lipinski definition) is 7. The summed E-state index contributed by atoms with van der Waals surface area (Å²) in [5, 5.41) is 11.9. The van der Waals surface area contributed by atoms with E-state index in [2.05, 4.69) is 25.2 Å². The Labute approximate surface area is 201 Å². The second kappa shape index (κ2) is 9.55. The first-order valence-electron chi connectivity index (χ1n) is 11.6. The lowest BCUT2D eigenvalue weighted by atomic mass is 9.91. The molecule has 4 heterocycles. The van der Waals surface area contributed by atoms with Gasteiger partial charge in [0.15, 0.2) is 5.89 Å². The molecule has 35 heavy (non-hydrogen) atoms. The van der Waals surface area contributed by atoms with E-state index in [1.165, 1.54) is 12.1 Å². The molecule has 0 atom stereocenters. The lowest BCUT2D eigenvalue weighted by Crippen LogP contribution is -2.35. The lowest BCUT2D eigenvalue weighted by Gasteiger charge is -2.31. The molecule has 4 aromatic rings. The molecule has 1 aliphatic rings. The average Bonchev–Trinajstić information content (AvgIpc) is 3.42. The summed E-state index contributed by atoms with van der Waals surface area (Å²) in [6.07, 6.45) is 7.59. The van der Waals surface area contributed by atoms with Crippen molar-refractivity contribution in [1.82, 2.24) is 24.3 Å². The smallest absolute Gasteiger partial charge is 0.293 e. The van der Waals surface area contributed by atoms with E-state index in [0.29, 0.717) is 41.2 Å². The molecular weight excluding hydrogens is 451 g/mol. The molecule has 0 radical (unpaired) electrons. The Balaban J connectivity index is 1.37. The molecule has 182 valence electrons. The molecule has 2 N–H and O–H groups in total. The van der Waals surface area contributed by atoms with Gasteiger partial charge in [-0.25, -0.2) is 19.3 Å². The zero-order chi connectivity index (χ0) is 24.5. The van der Waals surface area contributed by atoms with Gasteiger partial charge in [-0.05, 0) is 62.5 Å². The minimum atomic E-state index is -0.452. The van der Waals surface area contributed by atoms with Gasteiger partial charge in [0.25, 0.3) is 5.91 Å². The molecule has 0 aliphatic carbocycles. The zero-order valence-electron chi connectivity index (χ0n) is 19.7. The molecule has 3 aromatic heterocycles. The molecular formula is C25H27FN6O3. The number of anilines is 1. The average molecular weight is 479 g/mol. The number of amides is 1. The fourth-order valence-electron chi connectivity index (χ4n) is 4.60. The van der Waals surface area contributed by atoms with E-state index >= 15 is 0 Å². The van der Waals surface area contributed by atoms with E-state index in [0.717, 1.165) is 31.5 Å². The second-order valence-corrected chi connectivity index (χ2v) is 8.86. The summed E-state index contributed by atoms with van der Waals surface area (Å²) in [7, 11) is 0. The fourth-order valence-corrected chi connectivity index (χ4v) is 4.60. The van der Waals surface area contributed by atoms with E-state index in [9.17, 15) is 9.18 Å². The Morgan fingerprint density at radius 3 is 2.74 bits per heavy atom. The Bertz CT molecular complexity index is 1370. The van der Waals surface area contributed by atoms with Crippen molar-refractivity contribution in [2.45, 2.75) is 32.6 Å². The molecule has 1 aromatic carbocycles.